The van der Waals surface area contributed by atoms with Crippen molar-refractivity contribution in [3.63, 3.8) is 0 Å². The molecule has 0 aliphatic rings. The van der Waals surface area contributed by atoms with Gasteiger partial charge in [0.25, 0.3) is 0 Å². The molecule has 1 aromatic rings. The monoisotopic (exact) mass is 256 g/mol. The quantitative estimate of drug-likeness (QED) is 0.595. The Balaban J connectivity index is 3.06. The molecule has 1 rings (SSSR count). The zero-order valence-electron chi connectivity index (χ0n) is 9.67. The number of hydrogen-bond acceptors (Lipinski definition) is 5. The van der Waals surface area contributed by atoms with E-state index in [4.69, 9.17) is 0 Å². The molecule has 2 N–H and O–H groups in total. The third-order valence-electron chi connectivity index (χ3n) is 2.34. The number of rotatable bonds is 5. The summed E-state index contributed by atoms with van der Waals surface area (Å²) in [7, 11) is 0. The first-order valence-corrected chi connectivity index (χ1v) is 5.29. The second-order valence-corrected chi connectivity index (χ2v) is 3.50. The van der Waals surface area contributed by atoms with Crippen LogP contribution < -0.4 is 0 Å². The van der Waals surface area contributed by atoms with E-state index in [-0.39, 0.29) is 12.2 Å². The molecular formula is C12H13FO5. The maximum Gasteiger partial charge on any atom is 0.338 e. The molecular weight excluding hydrogens is 243 g/mol. The normalized spacial score (nSPS) is 13.8. The minimum absolute atomic E-state index is 0.0143. The van der Waals surface area contributed by atoms with E-state index in [0.717, 1.165) is 6.07 Å². The van der Waals surface area contributed by atoms with Crippen molar-refractivity contribution in [1.29, 1.82) is 0 Å². The molecule has 5 nitrogen and oxygen atoms in total. The van der Waals surface area contributed by atoms with Crippen molar-refractivity contribution in [1.82, 2.24) is 0 Å². The Bertz CT molecular complexity index is 446. The minimum Gasteiger partial charge on any atom is -0.464 e. The van der Waals surface area contributed by atoms with Gasteiger partial charge in [0.2, 0.25) is 0 Å². The summed E-state index contributed by atoms with van der Waals surface area (Å²) in [6, 6.07) is 3.57. The highest BCUT2D eigenvalue weighted by atomic mass is 19.1. The lowest BCUT2D eigenvalue weighted by Gasteiger charge is -2.18. The van der Waals surface area contributed by atoms with Crippen molar-refractivity contribution in [2.24, 2.45) is 0 Å². The van der Waals surface area contributed by atoms with Gasteiger partial charge in [-0.3, -0.25) is 4.79 Å². The smallest absolute Gasteiger partial charge is 0.338 e. The van der Waals surface area contributed by atoms with E-state index in [2.05, 4.69) is 4.74 Å². The van der Waals surface area contributed by atoms with Gasteiger partial charge in [-0.1, -0.05) is 12.1 Å². The number of ether oxygens (including phenoxy) is 1. The van der Waals surface area contributed by atoms with Crippen LogP contribution in [0.15, 0.2) is 18.2 Å². The molecule has 0 radical (unpaired) electrons. The molecule has 18 heavy (non-hydrogen) atoms. The first-order valence-electron chi connectivity index (χ1n) is 5.29. The molecule has 0 saturated carbocycles. The van der Waals surface area contributed by atoms with Crippen molar-refractivity contribution in [3.05, 3.63) is 35.1 Å². The van der Waals surface area contributed by atoms with Crippen LogP contribution in [0.4, 0.5) is 4.39 Å². The fourth-order valence-electron chi connectivity index (χ4n) is 1.48. The Kier molecular flexibility index (Phi) is 4.94. The molecule has 0 saturated heterocycles. The van der Waals surface area contributed by atoms with Gasteiger partial charge in [-0.05, 0) is 13.0 Å². The first kappa shape index (κ1) is 14.3. The van der Waals surface area contributed by atoms with Crippen molar-refractivity contribution in [2.45, 2.75) is 19.1 Å². The molecule has 1 aromatic carbocycles. The molecule has 0 spiro atoms. The van der Waals surface area contributed by atoms with Crippen LogP contribution in [0.5, 0.6) is 0 Å². The lowest BCUT2D eigenvalue weighted by atomic mass is 9.98. The van der Waals surface area contributed by atoms with Crippen LogP contribution in [0.2, 0.25) is 0 Å². The Labute approximate surface area is 103 Å². The molecule has 2 unspecified atom stereocenters. The van der Waals surface area contributed by atoms with Crippen LogP contribution in [0.25, 0.3) is 0 Å². The maximum absolute atomic E-state index is 13.5. The molecule has 2 atom stereocenters. The summed E-state index contributed by atoms with van der Waals surface area (Å²) in [5.41, 5.74) is -0.557. The fourth-order valence-corrected chi connectivity index (χ4v) is 1.48. The van der Waals surface area contributed by atoms with Gasteiger partial charge in [-0.2, -0.15) is 0 Å². The van der Waals surface area contributed by atoms with Crippen LogP contribution in [-0.2, 0) is 9.53 Å². The maximum atomic E-state index is 13.5. The van der Waals surface area contributed by atoms with Gasteiger partial charge < -0.3 is 14.9 Å². The topological polar surface area (TPSA) is 83.8 Å². The van der Waals surface area contributed by atoms with Crippen LogP contribution in [0, 0.1) is 5.82 Å². The molecule has 0 amide bonds. The third-order valence-corrected chi connectivity index (χ3v) is 2.34. The highest BCUT2D eigenvalue weighted by Gasteiger charge is 2.30. The van der Waals surface area contributed by atoms with Gasteiger partial charge in [0.05, 0.1) is 6.61 Å². The minimum atomic E-state index is -1.94. The van der Waals surface area contributed by atoms with Crippen LogP contribution in [0.1, 0.15) is 28.9 Å². The molecule has 98 valence electrons. The number of aldehydes is 1. The van der Waals surface area contributed by atoms with Gasteiger partial charge in [-0.15, -0.1) is 0 Å². The second-order valence-electron chi connectivity index (χ2n) is 3.50. The number of carbonyl (C=O) groups is 2. The lowest BCUT2D eigenvalue weighted by molar-refractivity contribution is -0.159. The van der Waals surface area contributed by atoms with Crippen LogP contribution >= 0.6 is 0 Å². The van der Waals surface area contributed by atoms with E-state index in [1.165, 1.54) is 19.1 Å². The Morgan fingerprint density at radius 3 is 2.72 bits per heavy atom. The number of esters is 1. The molecule has 0 aliphatic heterocycles. The predicted molar refractivity (Wildman–Crippen MR) is 59.4 cm³/mol. The summed E-state index contributed by atoms with van der Waals surface area (Å²) in [6.45, 7) is 1.54. The number of halogens is 1. The van der Waals surface area contributed by atoms with E-state index >= 15 is 0 Å². The summed E-state index contributed by atoms with van der Waals surface area (Å²) in [5.74, 6) is -1.96. The van der Waals surface area contributed by atoms with E-state index in [0.29, 0.717) is 6.29 Å². The zero-order chi connectivity index (χ0) is 13.7. The summed E-state index contributed by atoms with van der Waals surface area (Å²) < 4.78 is 18.0. The molecule has 0 heterocycles. The first-order chi connectivity index (χ1) is 8.52. The second kappa shape index (κ2) is 6.23. The predicted octanol–water partition coefficient (Wildman–Crippen LogP) is 0.596. The van der Waals surface area contributed by atoms with Crippen LogP contribution in [-0.4, -0.2) is 35.2 Å². The average Bonchev–Trinajstić information content (AvgIpc) is 2.36. The van der Waals surface area contributed by atoms with Gasteiger partial charge in [0.1, 0.15) is 11.9 Å². The van der Waals surface area contributed by atoms with E-state index in [1.807, 2.05) is 0 Å². The molecule has 0 fully saturated rings. The Hall–Kier alpha value is -1.79. The zero-order valence-corrected chi connectivity index (χ0v) is 9.67. The lowest BCUT2D eigenvalue weighted by Crippen LogP contribution is -2.31. The highest BCUT2D eigenvalue weighted by Crippen LogP contribution is 2.24. The van der Waals surface area contributed by atoms with E-state index in [1.54, 1.807) is 0 Å². The summed E-state index contributed by atoms with van der Waals surface area (Å²) in [5, 5.41) is 19.2. The fraction of sp³-hybridized carbons (Fsp3) is 0.333. The van der Waals surface area contributed by atoms with E-state index in [9.17, 15) is 24.2 Å². The van der Waals surface area contributed by atoms with Crippen molar-refractivity contribution in [3.8, 4) is 0 Å². The molecule has 6 heteroatoms. The standard InChI is InChI=1S/C12H13FO5/c1-2-18-12(17)11(16)10(15)9-7(6-14)4-3-5-8(9)13/h3-6,10-11,15-16H,2H2,1H3. The number of aliphatic hydroxyl groups is 2. The van der Waals surface area contributed by atoms with Gasteiger partial charge in [-0.25, -0.2) is 9.18 Å². The number of aliphatic hydroxyl groups excluding tert-OH is 2. The highest BCUT2D eigenvalue weighted by molar-refractivity contribution is 5.80. The average molecular weight is 256 g/mol. The summed E-state index contributed by atoms with van der Waals surface area (Å²) >= 11 is 0. The van der Waals surface area contributed by atoms with Crippen molar-refractivity contribution < 1.29 is 28.9 Å². The number of benzene rings is 1. The third kappa shape index (κ3) is 2.91. The SMILES string of the molecule is CCOC(=O)C(O)C(O)c1c(F)cccc1C=O. The summed E-state index contributed by atoms with van der Waals surface area (Å²) in [4.78, 5) is 22.0. The van der Waals surface area contributed by atoms with Crippen LogP contribution in [0.3, 0.4) is 0 Å². The van der Waals surface area contributed by atoms with Gasteiger partial charge in [0, 0.05) is 11.1 Å². The summed E-state index contributed by atoms with van der Waals surface area (Å²) in [6.07, 6.45) is -3.47. The van der Waals surface area contributed by atoms with Crippen molar-refractivity contribution in [2.75, 3.05) is 6.61 Å². The van der Waals surface area contributed by atoms with Gasteiger partial charge >= 0.3 is 5.97 Å². The molecule has 0 bridgehead atoms. The Morgan fingerprint density at radius 1 is 1.50 bits per heavy atom. The molecule has 0 aromatic heterocycles. The largest absolute Gasteiger partial charge is 0.464 e. The van der Waals surface area contributed by atoms with E-state index < -0.39 is 29.6 Å². The molecule has 0 aliphatic carbocycles. The van der Waals surface area contributed by atoms with Gasteiger partial charge in [0.15, 0.2) is 12.4 Å². The number of carbonyl (C=O) groups excluding carboxylic acids is 2. The number of hydrogen-bond donors (Lipinski definition) is 2. The Morgan fingerprint density at radius 2 is 2.17 bits per heavy atom. The van der Waals surface area contributed by atoms with Crippen molar-refractivity contribution >= 4 is 12.3 Å².